The molecular weight excluding hydrogens is 537 g/mol. The Labute approximate surface area is 213 Å². The van der Waals surface area contributed by atoms with E-state index in [4.69, 9.17) is 4.42 Å². The summed E-state index contributed by atoms with van der Waals surface area (Å²) in [7, 11) is 1.64. The summed E-state index contributed by atoms with van der Waals surface area (Å²) in [6.45, 7) is 4.29. The van der Waals surface area contributed by atoms with Gasteiger partial charge in [-0.05, 0) is 53.4 Å². The number of aryl methyl sites for hydroxylation is 2. The van der Waals surface area contributed by atoms with Crippen LogP contribution in [0.2, 0.25) is 0 Å². The first-order valence-corrected chi connectivity index (χ1v) is 12.2. The molecule has 1 aliphatic rings. The summed E-state index contributed by atoms with van der Waals surface area (Å²) in [5.41, 5.74) is -0.376. The summed E-state index contributed by atoms with van der Waals surface area (Å²) in [4.78, 5) is 19.3. The standard InChI is InChI=1S/C26H22BrF3N4O2/c1-14-7-8-18-20(19(14)26(28,29)30)32-24(36-18)25(2)9-11-34(12-10-25)21-15-5-4-6-17(27)22(15)33(3)23(35)16(21)13-31/h4-8H,9-12H2,1-3H3. The molecule has 5 rings (SSSR count). The second-order valence-electron chi connectivity index (χ2n) is 9.50. The van der Waals surface area contributed by atoms with Gasteiger partial charge in [-0.1, -0.05) is 25.1 Å². The van der Waals surface area contributed by atoms with Crippen LogP contribution in [0, 0.1) is 18.3 Å². The number of para-hydroxylation sites is 1. The zero-order valence-corrected chi connectivity index (χ0v) is 21.4. The van der Waals surface area contributed by atoms with E-state index in [0.717, 1.165) is 9.86 Å². The number of nitriles is 1. The highest BCUT2D eigenvalue weighted by Gasteiger charge is 2.40. The SMILES string of the molecule is Cc1ccc2oc(C3(C)CCN(c4c(C#N)c(=O)n(C)c5c(Br)cccc45)CC3)nc2c1C(F)(F)F. The Morgan fingerprint density at radius 1 is 1.19 bits per heavy atom. The molecule has 0 spiro atoms. The molecule has 0 unspecified atom stereocenters. The van der Waals surface area contributed by atoms with E-state index in [0.29, 0.717) is 37.1 Å². The van der Waals surface area contributed by atoms with Crippen LogP contribution in [-0.2, 0) is 18.6 Å². The number of piperidine rings is 1. The quantitative estimate of drug-likeness (QED) is 0.293. The molecule has 6 nitrogen and oxygen atoms in total. The molecule has 2 aromatic carbocycles. The highest BCUT2D eigenvalue weighted by atomic mass is 79.9. The number of rotatable bonds is 2. The van der Waals surface area contributed by atoms with Crippen LogP contribution in [0.25, 0.3) is 22.0 Å². The van der Waals surface area contributed by atoms with Gasteiger partial charge in [-0.25, -0.2) is 4.98 Å². The molecule has 0 aliphatic carbocycles. The number of benzene rings is 2. The average Bonchev–Trinajstić information content (AvgIpc) is 3.26. The molecule has 3 heterocycles. The number of pyridine rings is 1. The van der Waals surface area contributed by atoms with E-state index in [1.807, 2.05) is 30.0 Å². The monoisotopic (exact) mass is 558 g/mol. The summed E-state index contributed by atoms with van der Waals surface area (Å²) in [6, 6.07) is 10.6. The van der Waals surface area contributed by atoms with Crippen LogP contribution in [0.3, 0.4) is 0 Å². The number of alkyl halides is 3. The van der Waals surface area contributed by atoms with Gasteiger partial charge in [-0.15, -0.1) is 0 Å². The molecule has 0 saturated carbocycles. The maximum Gasteiger partial charge on any atom is 0.418 e. The van der Waals surface area contributed by atoms with Crippen LogP contribution in [0.5, 0.6) is 0 Å². The van der Waals surface area contributed by atoms with E-state index in [1.54, 1.807) is 7.05 Å². The largest absolute Gasteiger partial charge is 0.440 e. The number of halogens is 4. The van der Waals surface area contributed by atoms with Crippen molar-refractivity contribution in [3.05, 3.63) is 67.7 Å². The topological polar surface area (TPSA) is 75.1 Å². The molecule has 1 saturated heterocycles. The summed E-state index contributed by atoms with van der Waals surface area (Å²) in [6.07, 6.45) is -3.49. The number of hydrogen-bond donors (Lipinski definition) is 0. The Bertz CT molecular complexity index is 1620. The van der Waals surface area contributed by atoms with Crippen LogP contribution >= 0.6 is 15.9 Å². The van der Waals surface area contributed by atoms with Crippen molar-refractivity contribution >= 4 is 43.6 Å². The Kier molecular flexibility index (Phi) is 5.67. The predicted octanol–water partition coefficient (Wildman–Crippen LogP) is 6.20. The minimum absolute atomic E-state index is 0.0684. The Hall–Kier alpha value is -3.32. The predicted molar refractivity (Wildman–Crippen MR) is 134 cm³/mol. The van der Waals surface area contributed by atoms with Crippen molar-refractivity contribution in [2.45, 2.75) is 38.3 Å². The smallest absolute Gasteiger partial charge is 0.418 e. The fraction of sp³-hybridized carbons (Fsp3) is 0.346. The highest BCUT2D eigenvalue weighted by molar-refractivity contribution is 9.10. The first-order valence-electron chi connectivity index (χ1n) is 11.4. The number of aromatic nitrogens is 2. The van der Waals surface area contributed by atoms with Gasteiger partial charge in [0.25, 0.3) is 5.56 Å². The molecule has 1 aliphatic heterocycles. The molecule has 0 amide bonds. The van der Waals surface area contributed by atoms with Gasteiger partial charge in [-0.2, -0.15) is 18.4 Å². The van der Waals surface area contributed by atoms with Crippen molar-refractivity contribution in [1.29, 1.82) is 5.26 Å². The fourth-order valence-corrected chi connectivity index (χ4v) is 5.76. The number of oxazole rings is 1. The van der Waals surface area contributed by atoms with Gasteiger partial charge in [0.2, 0.25) is 5.89 Å². The van der Waals surface area contributed by atoms with Crippen LogP contribution < -0.4 is 10.5 Å². The Balaban J connectivity index is 1.54. The lowest BCUT2D eigenvalue weighted by molar-refractivity contribution is -0.136. The van der Waals surface area contributed by atoms with Gasteiger partial charge >= 0.3 is 6.18 Å². The van der Waals surface area contributed by atoms with Crippen LogP contribution in [0.4, 0.5) is 18.9 Å². The first-order chi connectivity index (χ1) is 17.0. The number of anilines is 1. The van der Waals surface area contributed by atoms with Crippen LogP contribution in [0.15, 0.2) is 44.0 Å². The zero-order valence-electron chi connectivity index (χ0n) is 19.8. The van der Waals surface area contributed by atoms with Crippen molar-refractivity contribution in [2.75, 3.05) is 18.0 Å². The van der Waals surface area contributed by atoms with Gasteiger partial charge in [0, 0.05) is 35.4 Å². The second-order valence-corrected chi connectivity index (χ2v) is 10.4. The van der Waals surface area contributed by atoms with Gasteiger partial charge < -0.3 is 13.9 Å². The molecule has 0 N–H and O–H groups in total. The lowest BCUT2D eigenvalue weighted by Gasteiger charge is -2.39. The summed E-state index contributed by atoms with van der Waals surface area (Å²) in [5, 5.41) is 10.6. The fourth-order valence-electron chi connectivity index (χ4n) is 5.13. The third-order valence-electron chi connectivity index (χ3n) is 7.20. The van der Waals surface area contributed by atoms with Gasteiger partial charge in [0.05, 0.1) is 16.8 Å². The highest BCUT2D eigenvalue weighted by Crippen LogP contribution is 2.42. The van der Waals surface area contributed by atoms with Crippen molar-refractivity contribution < 1.29 is 17.6 Å². The Morgan fingerprint density at radius 2 is 1.89 bits per heavy atom. The minimum atomic E-state index is -4.54. The normalized spacial score (nSPS) is 16.0. The lowest BCUT2D eigenvalue weighted by Crippen LogP contribution is -2.42. The molecule has 186 valence electrons. The molecule has 10 heteroatoms. The van der Waals surface area contributed by atoms with E-state index in [-0.39, 0.29) is 33.7 Å². The molecule has 2 aromatic heterocycles. The van der Waals surface area contributed by atoms with E-state index >= 15 is 0 Å². The third kappa shape index (κ3) is 3.68. The molecular formula is C26H22BrF3N4O2. The number of nitrogens with zero attached hydrogens (tertiary/aromatic N) is 4. The van der Waals surface area contributed by atoms with E-state index in [9.17, 15) is 23.2 Å². The third-order valence-corrected chi connectivity index (χ3v) is 7.84. The number of hydrogen-bond acceptors (Lipinski definition) is 5. The van der Waals surface area contributed by atoms with E-state index in [2.05, 4.69) is 27.0 Å². The zero-order chi connectivity index (χ0) is 26.0. The van der Waals surface area contributed by atoms with Gasteiger partial charge in [0.15, 0.2) is 5.58 Å². The molecule has 0 radical (unpaired) electrons. The van der Waals surface area contributed by atoms with Crippen molar-refractivity contribution in [3.8, 4) is 6.07 Å². The molecule has 4 aromatic rings. The summed E-state index contributed by atoms with van der Waals surface area (Å²) >= 11 is 3.51. The lowest BCUT2D eigenvalue weighted by atomic mass is 9.80. The van der Waals surface area contributed by atoms with E-state index in [1.165, 1.54) is 23.6 Å². The van der Waals surface area contributed by atoms with Crippen LogP contribution in [-0.4, -0.2) is 22.6 Å². The molecule has 0 atom stereocenters. The van der Waals surface area contributed by atoms with Crippen molar-refractivity contribution in [1.82, 2.24) is 9.55 Å². The minimum Gasteiger partial charge on any atom is -0.440 e. The van der Waals surface area contributed by atoms with Crippen molar-refractivity contribution in [2.24, 2.45) is 7.05 Å². The average molecular weight is 559 g/mol. The maximum atomic E-state index is 13.7. The Morgan fingerprint density at radius 3 is 2.53 bits per heavy atom. The molecule has 36 heavy (non-hydrogen) atoms. The molecule has 0 bridgehead atoms. The maximum absolute atomic E-state index is 13.7. The van der Waals surface area contributed by atoms with Gasteiger partial charge in [-0.3, -0.25) is 4.79 Å². The van der Waals surface area contributed by atoms with E-state index < -0.39 is 17.2 Å². The summed E-state index contributed by atoms with van der Waals surface area (Å²) in [5.74, 6) is 0.269. The second kappa shape index (κ2) is 8.37. The van der Waals surface area contributed by atoms with Crippen molar-refractivity contribution in [3.63, 3.8) is 0 Å². The first kappa shape index (κ1) is 24.4. The van der Waals surface area contributed by atoms with Gasteiger partial charge in [0.1, 0.15) is 17.1 Å². The van der Waals surface area contributed by atoms with Crippen LogP contribution in [0.1, 0.15) is 42.3 Å². The number of fused-ring (bicyclic) bond motifs is 2. The summed E-state index contributed by atoms with van der Waals surface area (Å²) < 4.78 is 49.2. The molecule has 1 fully saturated rings.